The minimum atomic E-state index is -2.57. The Morgan fingerprint density at radius 3 is 1.75 bits per heavy atom. The van der Waals surface area contributed by atoms with Crippen molar-refractivity contribution < 1.29 is 14.0 Å². The van der Waals surface area contributed by atoms with Gasteiger partial charge >= 0.3 is 5.97 Å². The number of hydrogen-bond acceptors (Lipinski definition) is 3. The second kappa shape index (κ2) is 9.43. The van der Waals surface area contributed by atoms with Gasteiger partial charge in [-0.25, -0.2) is 0 Å². The summed E-state index contributed by atoms with van der Waals surface area (Å²) in [5.74, 6) is -0.196. The summed E-state index contributed by atoms with van der Waals surface area (Å²) in [5.41, 5.74) is 1.01. The van der Waals surface area contributed by atoms with Gasteiger partial charge in [0.2, 0.25) is 0 Å². The number of esters is 1. The fourth-order valence-corrected chi connectivity index (χ4v) is 9.35. The van der Waals surface area contributed by atoms with E-state index in [4.69, 9.17) is 9.16 Å². The highest BCUT2D eigenvalue weighted by Gasteiger charge is 2.53. The molecular formula is C28H32O3Si. The number of carbonyl (C=O) groups is 1. The second-order valence-electron chi connectivity index (χ2n) is 9.66. The summed E-state index contributed by atoms with van der Waals surface area (Å²) >= 11 is 0. The molecule has 0 atom stereocenters. The molecule has 3 aromatic rings. The Morgan fingerprint density at radius 2 is 1.28 bits per heavy atom. The molecule has 0 saturated heterocycles. The summed E-state index contributed by atoms with van der Waals surface area (Å²) < 4.78 is 12.6. The van der Waals surface area contributed by atoms with Crippen LogP contribution in [-0.2, 0) is 20.6 Å². The molecule has 4 rings (SSSR count). The van der Waals surface area contributed by atoms with Gasteiger partial charge in [0.05, 0.1) is 5.92 Å². The Labute approximate surface area is 192 Å². The van der Waals surface area contributed by atoms with Crippen molar-refractivity contribution in [1.29, 1.82) is 0 Å². The van der Waals surface area contributed by atoms with Crippen LogP contribution in [0.1, 0.15) is 39.2 Å². The molecular weight excluding hydrogens is 412 g/mol. The van der Waals surface area contributed by atoms with E-state index < -0.39 is 8.32 Å². The molecule has 0 aliphatic heterocycles. The largest absolute Gasteiger partial charge is 0.461 e. The van der Waals surface area contributed by atoms with Crippen LogP contribution in [0.4, 0.5) is 0 Å². The van der Waals surface area contributed by atoms with Crippen LogP contribution < -0.4 is 10.4 Å². The van der Waals surface area contributed by atoms with E-state index in [-0.39, 0.29) is 23.0 Å². The Morgan fingerprint density at radius 1 is 0.812 bits per heavy atom. The lowest BCUT2D eigenvalue weighted by Crippen LogP contribution is -2.68. The van der Waals surface area contributed by atoms with Gasteiger partial charge in [-0.2, -0.15) is 0 Å². The maximum atomic E-state index is 12.6. The smallest absolute Gasteiger partial charge is 0.309 e. The average molecular weight is 445 g/mol. The van der Waals surface area contributed by atoms with Crippen molar-refractivity contribution in [1.82, 2.24) is 0 Å². The van der Waals surface area contributed by atoms with Crippen LogP contribution in [0, 0.1) is 5.92 Å². The van der Waals surface area contributed by atoms with E-state index in [9.17, 15) is 4.79 Å². The van der Waals surface area contributed by atoms with E-state index in [2.05, 4.69) is 81.4 Å². The third-order valence-electron chi connectivity index (χ3n) is 6.41. The highest BCUT2D eigenvalue weighted by atomic mass is 28.4. The molecule has 3 nitrogen and oxygen atoms in total. The molecule has 3 aromatic carbocycles. The van der Waals surface area contributed by atoms with E-state index in [0.717, 1.165) is 18.4 Å². The van der Waals surface area contributed by atoms with Crippen molar-refractivity contribution in [2.45, 2.75) is 51.4 Å². The normalized spacial score (nSPS) is 18.6. The van der Waals surface area contributed by atoms with Gasteiger partial charge in [0.25, 0.3) is 8.32 Å². The number of carbonyl (C=O) groups excluding carboxylic acids is 1. The molecule has 0 radical (unpaired) electrons. The van der Waals surface area contributed by atoms with Crippen molar-refractivity contribution in [3.05, 3.63) is 96.6 Å². The Hall–Kier alpha value is -2.69. The van der Waals surface area contributed by atoms with E-state index in [1.807, 2.05) is 30.3 Å². The summed E-state index contributed by atoms with van der Waals surface area (Å²) in [7, 11) is -2.57. The van der Waals surface area contributed by atoms with Crippen molar-refractivity contribution in [2.75, 3.05) is 0 Å². The topological polar surface area (TPSA) is 35.5 Å². The summed E-state index contributed by atoms with van der Waals surface area (Å²) in [5, 5.41) is 2.48. The molecule has 1 aliphatic carbocycles. The molecule has 32 heavy (non-hydrogen) atoms. The standard InChI is InChI=1S/C28H32O3Si/c1-28(2,3)32(25-15-9-5-10-16-25,26-17-11-6-12-18-26)31-24-19-23(20-24)27(29)30-21-22-13-7-4-8-14-22/h4-18,23-24H,19-21H2,1-3H3/t23-,24+. The van der Waals surface area contributed by atoms with Gasteiger partial charge in [-0.15, -0.1) is 0 Å². The molecule has 1 aliphatic rings. The van der Waals surface area contributed by atoms with Gasteiger partial charge in [-0.3, -0.25) is 4.79 Å². The fourth-order valence-electron chi connectivity index (χ4n) is 4.64. The average Bonchev–Trinajstić information content (AvgIpc) is 2.78. The first-order valence-corrected chi connectivity index (χ1v) is 13.3. The van der Waals surface area contributed by atoms with Crippen LogP contribution in [0.25, 0.3) is 0 Å². The molecule has 0 heterocycles. The van der Waals surface area contributed by atoms with Crippen LogP contribution in [0.2, 0.25) is 5.04 Å². The third kappa shape index (κ3) is 4.57. The van der Waals surface area contributed by atoms with Gasteiger partial charge in [0, 0.05) is 6.10 Å². The van der Waals surface area contributed by atoms with Crippen LogP contribution in [0.15, 0.2) is 91.0 Å². The summed E-state index contributed by atoms with van der Waals surface area (Å²) in [6, 6.07) is 31.1. The zero-order valence-electron chi connectivity index (χ0n) is 19.2. The summed E-state index contributed by atoms with van der Waals surface area (Å²) in [6.07, 6.45) is 1.51. The van der Waals surface area contributed by atoms with Crippen molar-refractivity contribution >= 4 is 24.7 Å². The zero-order chi connectivity index (χ0) is 22.6. The van der Waals surface area contributed by atoms with E-state index in [1.54, 1.807) is 0 Å². The molecule has 1 saturated carbocycles. The molecule has 166 valence electrons. The highest BCUT2D eigenvalue weighted by molar-refractivity contribution is 6.99. The highest BCUT2D eigenvalue weighted by Crippen LogP contribution is 2.41. The third-order valence-corrected chi connectivity index (χ3v) is 11.5. The Bertz CT molecular complexity index is 967. The first-order valence-electron chi connectivity index (χ1n) is 11.4. The van der Waals surface area contributed by atoms with Crippen LogP contribution in [-0.4, -0.2) is 20.4 Å². The lowest BCUT2D eigenvalue weighted by molar-refractivity contribution is -0.156. The second-order valence-corrected chi connectivity index (χ2v) is 13.9. The van der Waals surface area contributed by atoms with Gasteiger partial charge < -0.3 is 9.16 Å². The molecule has 1 fully saturated rings. The van der Waals surface area contributed by atoms with Crippen molar-refractivity contribution in [3.8, 4) is 0 Å². The molecule has 0 bridgehead atoms. The maximum absolute atomic E-state index is 12.6. The van der Waals surface area contributed by atoms with E-state index >= 15 is 0 Å². The molecule has 0 amide bonds. The zero-order valence-corrected chi connectivity index (χ0v) is 20.2. The number of rotatable bonds is 7. The molecule has 0 aromatic heterocycles. The Kier molecular flexibility index (Phi) is 6.63. The quantitative estimate of drug-likeness (QED) is 0.376. The van der Waals surface area contributed by atoms with Crippen LogP contribution in [0.5, 0.6) is 0 Å². The van der Waals surface area contributed by atoms with Gasteiger partial charge in [0.1, 0.15) is 6.61 Å². The fraction of sp³-hybridized carbons (Fsp3) is 0.321. The van der Waals surface area contributed by atoms with Crippen molar-refractivity contribution in [2.24, 2.45) is 5.92 Å². The van der Waals surface area contributed by atoms with Crippen LogP contribution >= 0.6 is 0 Å². The van der Waals surface area contributed by atoms with Gasteiger partial charge in [-0.1, -0.05) is 112 Å². The first-order chi connectivity index (χ1) is 15.4. The lowest BCUT2D eigenvalue weighted by atomic mass is 9.82. The van der Waals surface area contributed by atoms with Crippen molar-refractivity contribution in [3.63, 3.8) is 0 Å². The minimum Gasteiger partial charge on any atom is -0.461 e. The number of hydrogen-bond donors (Lipinski definition) is 0. The van der Waals surface area contributed by atoms with E-state index in [0.29, 0.717) is 6.61 Å². The molecule has 0 N–H and O–H groups in total. The Balaban J connectivity index is 1.50. The van der Waals surface area contributed by atoms with Gasteiger partial charge in [-0.05, 0) is 33.8 Å². The number of benzene rings is 3. The predicted molar refractivity (Wildman–Crippen MR) is 131 cm³/mol. The molecule has 0 spiro atoms. The number of ether oxygens (including phenoxy) is 1. The molecule has 0 unspecified atom stereocenters. The lowest BCUT2D eigenvalue weighted by Gasteiger charge is -2.48. The maximum Gasteiger partial charge on any atom is 0.309 e. The minimum absolute atomic E-state index is 0.0609. The van der Waals surface area contributed by atoms with Gasteiger partial charge in [0.15, 0.2) is 0 Å². The first kappa shape index (κ1) is 22.5. The van der Waals surface area contributed by atoms with E-state index in [1.165, 1.54) is 10.4 Å². The molecule has 4 heteroatoms. The van der Waals surface area contributed by atoms with Crippen LogP contribution in [0.3, 0.4) is 0 Å². The summed E-state index contributed by atoms with van der Waals surface area (Å²) in [6.45, 7) is 7.17. The predicted octanol–water partition coefficient (Wildman–Crippen LogP) is 5.09. The monoisotopic (exact) mass is 444 g/mol. The SMILES string of the molecule is CC(C)(C)[Si](O[C@H]1C[C@@H](C(=O)OCc2ccccc2)C1)(c1ccccc1)c1ccccc1. The summed E-state index contributed by atoms with van der Waals surface area (Å²) in [4.78, 5) is 12.6.